The van der Waals surface area contributed by atoms with Gasteiger partial charge in [-0.1, -0.05) is 91.8 Å². The summed E-state index contributed by atoms with van der Waals surface area (Å²) in [5, 5.41) is 3.82. The van der Waals surface area contributed by atoms with Crippen molar-refractivity contribution >= 4 is 17.7 Å². The zero-order chi connectivity index (χ0) is 23.8. The Bertz CT molecular complexity index is 1230. The van der Waals surface area contributed by atoms with Gasteiger partial charge in [-0.2, -0.15) is 0 Å². The van der Waals surface area contributed by atoms with Gasteiger partial charge < -0.3 is 9.88 Å². The molecule has 0 spiro atoms. The van der Waals surface area contributed by atoms with E-state index in [9.17, 15) is 9.18 Å². The van der Waals surface area contributed by atoms with E-state index in [4.69, 9.17) is 4.98 Å². The molecular formula is C28H28FN3OS. The third kappa shape index (κ3) is 5.75. The van der Waals surface area contributed by atoms with Crippen molar-refractivity contribution in [1.29, 1.82) is 0 Å². The molecular weight excluding hydrogens is 445 g/mol. The molecule has 1 N–H and O–H groups in total. The molecule has 1 amide bonds. The van der Waals surface area contributed by atoms with Crippen molar-refractivity contribution in [2.75, 3.05) is 12.3 Å². The minimum absolute atomic E-state index is 0.274. The van der Waals surface area contributed by atoms with Gasteiger partial charge in [0.05, 0.1) is 11.4 Å². The molecule has 0 aliphatic rings. The maximum atomic E-state index is 13.4. The van der Waals surface area contributed by atoms with Crippen LogP contribution in [0.4, 0.5) is 4.39 Å². The second-order valence-electron chi connectivity index (χ2n) is 7.94. The minimum atomic E-state index is -0.415. The minimum Gasteiger partial charge on any atom is -0.351 e. The van der Waals surface area contributed by atoms with Gasteiger partial charge in [-0.05, 0) is 24.6 Å². The summed E-state index contributed by atoms with van der Waals surface area (Å²) in [5.74, 6) is -0.0293. The van der Waals surface area contributed by atoms with E-state index in [2.05, 4.69) is 53.2 Å². The lowest BCUT2D eigenvalue weighted by Crippen LogP contribution is -2.25. The van der Waals surface area contributed by atoms with Crippen LogP contribution in [0.15, 0.2) is 90.1 Å². The summed E-state index contributed by atoms with van der Waals surface area (Å²) in [5.41, 5.74) is 4.63. The number of benzene rings is 3. The number of nitrogens with zero attached hydrogens (tertiary/aromatic N) is 2. The fraction of sp³-hybridized carbons (Fsp3) is 0.214. The molecule has 0 saturated heterocycles. The van der Waals surface area contributed by atoms with Crippen molar-refractivity contribution in [3.63, 3.8) is 0 Å². The molecule has 0 aliphatic heterocycles. The Morgan fingerprint density at radius 1 is 0.971 bits per heavy atom. The third-order valence-corrected chi connectivity index (χ3v) is 6.45. The SMILES string of the molecule is CCCCn1c(SCCNC(=O)c2cccc(F)c2)nc(-c2ccccc2)c1-c1ccccc1. The lowest BCUT2D eigenvalue weighted by atomic mass is 10.0. The average Bonchev–Trinajstić information content (AvgIpc) is 3.24. The standard InChI is InChI=1S/C28H28FN3OS/c1-2-3-18-32-26(22-13-8-5-9-14-22)25(21-11-6-4-7-12-21)31-28(32)34-19-17-30-27(33)23-15-10-16-24(29)20-23/h4-16,20H,2-3,17-19H2,1H3,(H,30,33). The van der Waals surface area contributed by atoms with Crippen LogP contribution in [-0.2, 0) is 6.54 Å². The molecule has 3 aromatic carbocycles. The smallest absolute Gasteiger partial charge is 0.251 e. The molecule has 1 heterocycles. The molecule has 0 radical (unpaired) electrons. The molecule has 4 nitrogen and oxygen atoms in total. The molecule has 34 heavy (non-hydrogen) atoms. The number of halogens is 1. The van der Waals surface area contributed by atoms with E-state index >= 15 is 0 Å². The van der Waals surface area contributed by atoms with Crippen molar-refractivity contribution < 1.29 is 9.18 Å². The van der Waals surface area contributed by atoms with Gasteiger partial charge in [0.15, 0.2) is 5.16 Å². The van der Waals surface area contributed by atoms with Gasteiger partial charge in [0.1, 0.15) is 5.82 Å². The highest BCUT2D eigenvalue weighted by molar-refractivity contribution is 7.99. The quantitative estimate of drug-likeness (QED) is 0.206. The highest BCUT2D eigenvalue weighted by Crippen LogP contribution is 2.36. The van der Waals surface area contributed by atoms with Gasteiger partial charge >= 0.3 is 0 Å². The van der Waals surface area contributed by atoms with E-state index in [1.165, 1.54) is 12.1 Å². The molecule has 0 aliphatic carbocycles. The van der Waals surface area contributed by atoms with Crippen LogP contribution in [0.3, 0.4) is 0 Å². The molecule has 174 valence electrons. The topological polar surface area (TPSA) is 46.9 Å². The first-order valence-electron chi connectivity index (χ1n) is 11.5. The van der Waals surface area contributed by atoms with E-state index in [1.807, 2.05) is 24.3 Å². The first kappa shape index (κ1) is 23.8. The van der Waals surface area contributed by atoms with Crippen LogP contribution >= 0.6 is 11.8 Å². The van der Waals surface area contributed by atoms with Gasteiger partial charge in [-0.3, -0.25) is 4.79 Å². The highest BCUT2D eigenvalue weighted by Gasteiger charge is 2.20. The molecule has 1 aromatic heterocycles. The van der Waals surface area contributed by atoms with Gasteiger partial charge in [0.2, 0.25) is 0 Å². The highest BCUT2D eigenvalue weighted by atomic mass is 32.2. The Balaban J connectivity index is 1.57. The maximum Gasteiger partial charge on any atom is 0.251 e. The Morgan fingerprint density at radius 2 is 1.68 bits per heavy atom. The van der Waals surface area contributed by atoms with Crippen molar-refractivity contribution in [3.8, 4) is 22.5 Å². The third-order valence-electron chi connectivity index (χ3n) is 5.47. The lowest BCUT2D eigenvalue weighted by Gasteiger charge is -2.13. The number of aromatic nitrogens is 2. The first-order chi connectivity index (χ1) is 16.7. The number of carbonyl (C=O) groups is 1. The largest absolute Gasteiger partial charge is 0.351 e. The summed E-state index contributed by atoms with van der Waals surface area (Å²) in [4.78, 5) is 17.4. The first-order valence-corrected chi connectivity index (χ1v) is 12.5. The van der Waals surface area contributed by atoms with Crippen LogP contribution in [0.2, 0.25) is 0 Å². The number of carbonyl (C=O) groups excluding carboxylic acids is 1. The fourth-order valence-electron chi connectivity index (χ4n) is 3.79. The summed E-state index contributed by atoms with van der Waals surface area (Å²) in [6.07, 6.45) is 2.13. The Labute approximate surface area is 204 Å². The second kappa shape index (κ2) is 11.7. The normalized spacial score (nSPS) is 10.9. The van der Waals surface area contributed by atoms with E-state index in [0.29, 0.717) is 17.9 Å². The summed E-state index contributed by atoms with van der Waals surface area (Å²) in [6, 6.07) is 26.4. The summed E-state index contributed by atoms with van der Waals surface area (Å²) < 4.78 is 15.7. The van der Waals surface area contributed by atoms with E-state index in [-0.39, 0.29) is 5.91 Å². The van der Waals surface area contributed by atoms with Crippen LogP contribution in [-0.4, -0.2) is 27.8 Å². The molecule has 0 atom stereocenters. The molecule has 0 unspecified atom stereocenters. The van der Waals surface area contributed by atoms with Crippen molar-refractivity contribution in [2.24, 2.45) is 0 Å². The molecule has 0 fully saturated rings. The Morgan fingerprint density at radius 3 is 2.35 bits per heavy atom. The molecule has 0 saturated carbocycles. The van der Waals surface area contributed by atoms with Gasteiger partial charge in [-0.25, -0.2) is 9.37 Å². The molecule has 6 heteroatoms. The Kier molecular flexibility index (Phi) is 8.15. The van der Waals surface area contributed by atoms with Crippen LogP contribution < -0.4 is 5.32 Å². The fourth-order valence-corrected chi connectivity index (χ4v) is 4.67. The molecule has 4 aromatic rings. The second-order valence-corrected chi connectivity index (χ2v) is 9.01. The number of rotatable bonds is 10. The number of nitrogens with one attached hydrogen (secondary N) is 1. The number of unbranched alkanes of at least 4 members (excludes halogenated alkanes) is 1. The zero-order valence-corrected chi connectivity index (χ0v) is 20.0. The van der Waals surface area contributed by atoms with Crippen LogP contribution in [0.5, 0.6) is 0 Å². The summed E-state index contributed by atoms with van der Waals surface area (Å²) in [7, 11) is 0. The number of amides is 1. The van der Waals surface area contributed by atoms with Crippen LogP contribution in [0.1, 0.15) is 30.1 Å². The lowest BCUT2D eigenvalue weighted by molar-refractivity contribution is 0.0955. The summed E-state index contributed by atoms with van der Waals surface area (Å²) in [6.45, 7) is 3.52. The van der Waals surface area contributed by atoms with Crippen molar-refractivity contribution in [1.82, 2.24) is 14.9 Å². The number of thioether (sulfide) groups is 1. The number of hydrogen-bond acceptors (Lipinski definition) is 3. The maximum absolute atomic E-state index is 13.4. The zero-order valence-electron chi connectivity index (χ0n) is 19.2. The van der Waals surface area contributed by atoms with Gasteiger partial charge in [-0.15, -0.1) is 0 Å². The Hall–Kier alpha value is -3.38. The van der Waals surface area contributed by atoms with Crippen LogP contribution in [0, 0.1) is 5.82 Å². The van der Waals surface area contributed by atoms with E-state index in [1.54, 1.807) is 23.9 Å². The van der Waals surface area contributed by atoms with Gasteiger partial charge in [0.25, 0.3) is 5.91 Å². The van der Waals surface area contributed by atoms with Gasteiger partial charge in [0, 0.05) is 35.5 Å². The average molecular weight is 474 g/mol. The number of hydrogen-bond donors (Lipinski definition) is 1. The van der Waals surface area contributed by atoms with Crippen molar-refractivity contribution in [3.05, 3.63) is 96.3 Å². The van der Waals surface area contributed by atoms with E-state index in [0.717, 1.165) is 47.1 Å². The predicted molar refractivity (Wildman–Crippen MR) is 137 cm³/mol. The molecule has 4 rings (SSSR count). The number of imidazole rings is 1. The monoisotopic (exact) mass is 473 g/mol. The predicted octanol–water partition coefficient (Wildman–Crippen LogP) is 6.68. The molecule has 0 bridgehead atoms. The summed E-state index contributed by atoms with van der Waals surface area (Å²) >= 11 is 1.63. The van der Waals surface area contributed by atoms with E-state index < -0.39 is 5.82 Å². The van der Waals surface area contributed by atoms with Crippen molar-refractivity contribution in [2.45, 2.75) is 31.5 Å². The van der Waals surface area contributed by atoms with Crippen LogP contribution in [0.25, 0.3) is 22.5 Å².